The molecule has 13 heteroatoms. The van der Waals surface area contributed by atoms with Crippen LogP contribution in [-0.2, 0) is 9.53 Å². The number of nitro benzene ring substituents is 1. The second kappa shape index (κ2) is 11.5. The van der Waals surface area contributed by atoms with E-state index in [-0.39, 0.29) is 32.9 Å². The van der Waals surface area contributed by atoms with Crippen LogP contribution in [0.2, 0.25) is 5.02 Å². The third kappa shape index (κ3) is 5.37. The van der Waals surface area contributed by atoms with Gasteiger partial charge < -0.3 is 13.9 Å². The number of aromatic nitrogens is 1. The number of allylic oxidation sites excluding steroid dienone is 1. The zero-order valence-electron chi connectivity index (χ0n) is 21.8. The van der Waals surface area contributed by atoms with Crippen LogP contribution in [0.5, 0.6) is 5.75 Å². The molecule has 210 valence electrons. The molecule has 0 N–H and O–H groups in total. The van der Waals surface area contributed by atoms with Crippen LogP contribution in [0.3, 0.4) is 0 Å². The lowest BCUT2D eigenvalue weighted by molar-refractivity contribution is -0.385. The first-order valence-electron chi connectivity index (χ1n) is 12.2. The fraction of sp³-hybridized carbons (Fsp3) is 0.179. The Morgan fingerprint density at radius 3 is 2.78 bits per heavy atom. The normalized spacial score (nSPS) is 15.0. The lowest BCUT2D eigenvalue weighted by Crippen LogP contribution is -2.39. The highest BCUT2D eigenvalue weighted by Gasteiger charge is 2.33. The smallest absolute Gasteiger partial charge is 0.338 e. The van der Waals surface area contributed by atoms with Crippen LogP contribution in [0.15, 0.2) is 78.5 Å². The number of carbonyl (C=O) groups excluding carboxylic acids is 1. The van der Waals surface area contributed by atoms with Crippen molar-refractivity contribution in [1.82, 2.24) is 4.57 Å². The van der Waals surface area contributed by atoms with Gasteiger partial charge >= 0.3 is 5.97 Å². The topological polar surface area (TPSA) is 126 Å². The van der Waals surface area contributed by atoms with Gasteiger partial charge in [0.15, 0.2) is 4.80 Å². The summed E-state index contributed by atoms with van der Waals surface area (Å²) in [6.07, 6.45) is 1.56. The molecule has 5 rings (SSSR count). The van der Waals surface area contributed by atoms with Crippen molar-refractivity contribution in [3.63, 3.8) is 0 Å². The predicted octanol–water partition coefficient (Wildman–Crippen LogP) is 5.39. The summed E-state index contributed by atoms with van der Waals surface area (Å²) < 4.78 is 18.6. The predicted molar refractivity (Wildman–Crippen MR) is 157 cm³/mol. The highest BCUT2D eigenvalue weighted by molar-refractivity contribution is 9.10. The number of nitrogens with zero attached hydrogens (tertiary/aromatic N) is 3. The first-order chi connectivity index (χ1) is 19.6. The molecule has 0 amide bonds. The first-order valence-corrected chi connectivity index (χ1v) is 14.2. The maximum atomic E-state index is 13.8. The van der Waals surface area contributed by atoms with Gasteiger partial charge in [-0.3, -0.25) is 19.5 Å². The molecule has 3 heterocycles. The number of fused-ring (bicyclic) bond motifs is 1. The Kier molecular flexibility index (Phi) is 7.98. The first kappa shape index (κ1) is 28.5. The van der Waals surface area contributed by atoms with Gasteiger partial charge in [-0.2, -0.15) is 0 Å². The fourth-order valence-electron chi connectivity index (χ4n) is 4.48. The summed E-state index contributed by atoms with van der Waals surface area (Å²) in [7, 11) is 1.54. The monoisotopic (exact) mass is 657 g/mol. The molecule has 10 nitrogen and oxygen atoms in total. The number of benzene rings is 2. The van der Waals surface area contributed by atoms with Gasteiger partial charge in [-0.25, -0.2) is 9.79 Å². The molecule has 1 aliphatic rings. The van der Waals surface area contributed by atoms with Crippen LogP contribution in [0.4, 0.5) is 5.69 Å². The molecule has 2 aromatic carbocycles. The number of methoxy groups -OCH3 is 1. The van der Waals surface area contributed by atoms with E-state index in [0.29, 0.717) is 43.4 Å². The van der Waals surface area contributed by atoms with Crippen LogP contribution < -0.4 is 19.6 Å². The molecular weight excluding hydrogens is 638 g/mol. The van der Waals surface area contributed by atoms with E-state index in [2.05, 4.69) is 20.9 Å². The summed E-state index contributed by atoms with van der Waals surface area (Å²) >= 11 is 10.5. The van der Waals surface area contributed by atoms with E-state index >= 15 is 0 Å². The van der Waals surface area contributed by atoms with Crippen molar-refractivity contribution in [3.8, 4) is 17.1 Å². The zero-order valence-corrected chi connectivity index (χ0v) is 25.0. The summed E-state index contributed by atoms with van der Waals surface area (Å²) in [5.41, 5.74) is 1.17. The van der Waals surface area contributed by atoms with Crippen LogP contribution in [0.1, 0.15) is 31.2 Å². The van der Waals surface area contributed by atoms with Crippen molar-refractivity contribution in [1.29, 1.82) is 0 Å². The summed E-state index contributed by atoms with van der Waals surface area (Å²) in [4.78, 5) is 42.7. The number of hydrogen-bond donors (Lipinski definition) is 0. The maximum Gasteiger partial charge on any atom is 0.338 e. The molecule has 0 unspecified atom stereocenters. The van der Waals surface area contributed by atoms with E-state index in [9.17, 15) is 19.7 Å². The van der Waals surface area contributed by atoms with Crippen LogP contribution in [0.25, 0.3) is 17.4 Å². The van der Waals surface area contributed by atoms with E-state index in [4.69, 9.17) is 25.5 Å². The number of halogens is 2. The highest BCUT2D eigenvalue weighted by atomic mass is 79.9. The molecule has 0 spiro atoms. The van der Waals surface area contributed by atoms with Crippen molar-refractivity contribution in [2.45, 2.75) is 19.9 Å². The van der Waals surface area contributed by atoms with Crippen molar-refractivity contribution in [2.75, 3.05) is 13.7 Å². The molecule has 2 aromatic heterocycles. The SMILES string of the molecule is CCOC(=O)C1=C(C)N=c2s/c(=C\c3ccc(-c4cc(Cl)c(Br)c([N+](=O)[O-])c4)o3)c(=O)n2[C@@H]1c1cccc(OC)c1. The van der Waals surface area contributed by atoms with Crippen LogP contribution >= 0.6 is 38.9 Å². The Morgan fingerprint density at radius 2 is 2.07 bits per heavy atom. The Morgan fingerprint density at radius 1 is 1.29 bits per heavy atom. The van der Waals surface area contributed by atoms with Gasteiger partial charge in [-0.1, -0.05) is 35.1 Å². The Balaban J connectivity index is 1.63. The summed E-state index contributed by atoms with van der Waals surface area (Å²) in [5, 5.41) is 11.6. The lowest BCUT2D eigenvalue weighted by atomic mass is 9.95. The van der Waals surface area contributed by atoms with Gasteiger partial charge in [0.2, 0.25) is 0 Å². The quantitative estimate of drug-likeness (QED) is 0.148. The lowest BCUT2D eigenvalue weighted by Gasteiger charge is -2.24. The fourth-order valence-corrected chi connectivity index (χ4v) is 6.10. The van der Waals surface area contributed by atoms with Gasteiger partial charge in [-0.05, 0) is 65.7 Å². The van der Waals surface area contributed by atoms with Crippen molar-refractivity contribution in [3.05, 3.63) is 110 Å². The van der Waals surface area contributed by atoms with Crippen molar-refractivity contribution in [2.24, 2.45) is 4.99 Å². The molecule has 41 heavy (non-hydrogen) atoms. The number of ether oxygens (including phenoxy) is 2. The second-order valence-electron chi connectivity index (χ2n) is 8.83. The average Bonchev–Trinajstić information content (AvgIpc) is 3.53. The number of rotatable bonds is 7. The van der Waals surface area contributed by atoms with E-state index in [1.54, 1.807) is 56.3 Å². The van der Waals surface area contributed by atoms with E-state index in [1.165, 1.54) is 17.7 Å². The molecule has 1 atom stereocenters. The van der Waals surface area contributed by atoms with Gasteiger partial charge in [0.25, 0.3) is 11.2 Å². The zero-order chi connectivity index (χ0) is 29.4. The molecule has 1 aliphatic heterocycles. The molecule has 0 radical (unpaired) electrons. The average molecular weight is 659 g/mol. The Hall–Kier alpha value is -4.00. The van der Waals surface area contributed by atoms with Gasteiger partial charge in [-0.15, -0.1) is 0 Å². The highest BCUT2D eigenvalue weighted by Crippen LogP contribution is 2.37. The maximum absolute atomic E-state index is 13.8. The van der Waals surface area contributed by atoms with E-state index in [0.717, 1.165) is 11.3 Å². The standard InChI is InChI=1S/C28H21BrClN3O7S/c1-4-39-27(35)23-14(2)31-28-32(25(23)15-6-5-7-17(10-15)38-3)26(34)22(41-28)13-18-8-9-21(40-18)16-11-19(30)24(29)20(12-16)33(36)37/h5-13,25H,4H2,1-3H3/b22-13-/t25-/m1/s1. The molecule has 0 fully saturated rings. The minimum atomic E-state index is -0.792. The minimum absolute atomic E-state index is 0.158. The Bertz CT molecular complexity index is 1920. The number of carbonyl (C=O) groups is 1. The van der Waals surface area contributed by atoms with Gasteiger partial charge in [0, 0.05) is 17.7 Å². The number of hydrogen-bond acceptors (Lipinski definition) is 9. The van der Waals surface area contributed by atoms with E-state index in [1.807, 2.05) is 6.07 Å². The summed E-state index contributed by atoms with van der Waals surface area (Å²) in [6, 6.07) is 12.5. The summed E-state index contributed by atoms with van der Waals surface area (Å²) in [6.45, 7) is 3.58. The number of esters is 1. The molecule has 0 saturated carbocycles. The largest absolute Gasteiger partial charge is 0.497 e. The molecule has 0 saturated heterocycles. The Labute approximate surface area is 250 Å². The van der Waals surface area contributed by atoms with Crippen LogP contribution in [-0.4, -0.2) is 29.2 Å². The molecular formula is C28H21BrClN3O7S. The van der Waals surface area contributed by atoms with Crippen molar-refractivity contribution < 1.29 is 23.6 Å². The van der Waals surface area contributed by atoms with Gasteiger partial charge in [0.1, 0.15) is 21.7 Å². The number of thiazole rings is 1. The molecule has 4 aromatic rings. The minimum Gasteiger partial charge on any atom is -0.497 e. The molecule has 0 bridgehead atoms. The van der Waals surface area contributed by atoms with Crippen molar-refractivity contribution >= 4 is 56.6 Å². The summed E-state index contributed by atoms with van der Waals surface area (Å²) in [5.74, 6) is 0.676. The van der Waals surface area contributed by atoms with Gasteiger partial charge in [0.05, 0.1) is 45.5 Å². The number of furan rings is 1. The van der Waals surface area contributed by atoms with Crippen LogP contribution in [0, 0.1) is 10.1 Å². The third-order valence-corrected chi connectivity index (χ3v) is 8.66. The number of nitro groups is 1. The molecule has 0 aliphatic carbocycles. The second-order valence-corrected chi connectivity index (χ2v) is 11.0. The van der Waals surface area contributed by atoms with E-state index < -0.39 is 16.9 Å². The third-order valence-electron chi connectivity index (χ3n) is 6.32.